The summed E-state index contributed by atoms with van der Waals surface area (Å²) in [5, 5.41) is 8.92. The first kappa shape index (κ1) is 12.9. The quantitative estimate of drug-likeness (QED) is 0.740. The molecule has 90 valence electrons. The summed E-state index contributed by atoms with van der Waals surface area (Å²) < 4.78 is 0. The molecule has 0 radical (unpaired) electrons. The van der Waals surface area contributed by atoms with Gasteiger partial charge in [0.05, 0.1) is 6.61 Å². The maximum Gasteiger partial charge on any atom is 0.0558 e. The molecule has 0 amide bonds. The van der Waals surface area contributed by atoms with Crippen LogP contribution in [0, 0.1) is 5.92 Å². The van der Waals surface area contributed by atoms with Crippen LogP contribution in [0.25, 0.3) is 0 Å². The van der Waals surface area contributed by atoms with Crippen LogP contribution in [0.15, 0.2) is 0 Å². The highest BCUT2D eigenvalue weighted by molar-refractivity contribution is 4.75. The third-order valence-corrected chi connectivity index (χ3v) is 3.45. The molecule has 3 nitrogen and oxygen atoms in total. The predicted octanol–water partition coefficient (Wildman–Crippen LogP) is 1.03. The molecular formula is C12H26N2O. The first-order chi connectivity index (χ1) is 7.13. The first-order valence-electron chi connectivity index (χ1n) is 6.17. The molecule has 1 saturated heterocycles. The van der Waals surface area contributed by atoms with E-state index >= 15 is 0 Å². The lowest BCUT2D eigenvalue weighted by atomic mass is 9.97. The van der Waals surface area contributed by atoms with Crippen LogP contribution in [0.5, 0.6) is 0 Å². The predicted molar refractivity (Wildman–Crippen MR) is 64.0 cm³/mol. The summed E-state index contributed by atoms with van der Waals surface area (Å²) >= 11 is 0. The van der Waals surface area contributed by atoms with Crippen molar-refractivity contribution in [1.29, 1.82) is 0 Å². The van der Waals surface area contributed by atoms with E-state index in [1.807, 2.05) is 0 Å². The van der Waals surface area contributed by atoms with E-state index in [0.29, 0.717) is 12.6 Å². The highest BCUT2D eigenvalue weighted by Crippen LogP contribution is 2.17. The van der Waals surface area contributed by atoms with E-state index in [4.69, 9.17) is 5.11 Å². The van der Waals surface area contributed by atoms with Gasteiger partial charge in [0.25, 0.3) is 0 Å². The Labute approximate surface area is 94.1 Å². The SMILES string of the molecule is CC(C)N(C)C[C@@H]1CCCN(CCO)C1. The molecule has 1 aliphatic rings. The van der Waals surface area contributed by atoms with Gasteiger partial charge >= 0.3 is 0 Å². The highest BCUT2D eigenvalue weighted by atomic mass is 16.3. The third kappa shape index (κ3) is 4.49. The maximum absolute atomic E-state index is 8.92. The Morgan fingerprint density at radius 2 is 2.20 bits per heavy atom. The van der Waals surface area contributed by atoms with Crippen LogP contribution in [0.2, 0.25) is 0 Å². The van der Waals surface area contributed by atoms with Crippen molar-refractivity contribution in [2.45, 2.75) is 32.7 Å². The molecule has 0 unspecified atom stereocenters. The summed E-state index contributed by atoms with van der Waals surface area (Å²) in [4.78, 5) is 4.81. The molecule has 1 aliphatic heterocycles. The van der Waals surface area contributed by atoms with Crippen LogP contribution >= 0.6 is 0 Å². The van der Waals surface area contributed by atoms with Gasteiger partial charge in [-0.3, -0.25) is 0 Å². The lowest BCUT2D eigenvalue weighted by Gasteiger charge is -2.35. The van der Waals surface area contributed by atoms with Gasteiger partial charge in [0, 0.05) is 25.7 Å². The molecule has 1 N–H and O–H groups in total. The number of β-amino-alcohol motifs (C(OH)–C–C–N with tert-alkyl or cyclic N) is 1. The van der Waals surface area contributed by atoms with Gasteiger partial charge in [-0.15, -0.1) is 0 Å². The number of piperidine rings is 1. The third-order valence-electron chi connectivity index (χ3n) is 3.45. The molecule has 1 rings (SSSR count). The second kappa shape index (κ2) is 6.46. The van der Waals surface area contributed by atoms with Gasteiger partial charge in [-0.1, -0.05) is 0 Å². The van der Waals surface area contributed by atoms with Crippen molar-refractivity contribution in [2.24, 2.45) is 5.92 Å². The zero-order valence-corrected chi connectivity index (χ0v) is 10.4. The Morgan fingerprint density at radius 3 is 2.80 bits per heavy atom. The van der Waals surface area contributed by atoms with Crippen molar-refractivity contribution >= 4 is 0 Å². The second-order valence-corrected chi connectivity index (χ2v) is 5.07. The average molecular weight is 214 g/mol. The topological polar surface area (TPSA) is 26.7 Å². The smallest absolute Gasteiger partial charge is 0.0558 e. The van der Waals surface area contributed by atoms with Crippen molar-refractivity contribution in [3.8, 4) is 0 Å². The first-order valence-corrected chi connectivity index (χ1v) is 6.17. The summed E-state index contributed by atoms with van der Waals surface area (Å²) in [6.07, 6.45) is 2.63. The molecule has 1 atom stereocenters. The number of aliphatic hydroxyl groups is 1. The van der Waals surface area contributed by atoms with Crippen LogP contribution in [0.3, 0.4) is 0 Å². The monoisotopic (exact) mass is 214 g/mol. The van der Waals surface area contributed by atoms with Gasteiger partial charge in [-0.05, 0) is 46.2 Å². The number of rotatable bonds is 5. The molecular weight excluding hydrogens is 188 g/mol. The molecule has 1 heterocycles. The maximum atomic E-state index is 8.92. The number of likely N-dealkylation sites (tertiary alicyclic amines) is 1. The van der Waals surface area contributed by atoms with Crippen LogP contribution in [-0.2, 0) is 0 Å². The molecule has 0 aromatic rings. The molecule has 0 bridgehead atoms. The van der Waals surface area contributed by atoms with Gasteiger partial charge in [0.2, 0.25) is 0 Å². The fourth-order valence-corrected chi connectivity index (χ4v) is 2.26. The minimum atomic E-state index is 0.298. The van der Waals surface area contributed by atoms with Crippen LogP contribution in [0.4, 0.5) is 0 Å². The molecule has 0 aliphatic carbocycles. The summed E-state index contributed by atoms with van der Waals surface area (Å²) in [5.41, 5.74) is 0. The molecule has 3 heteroatoms. The van der Waals surface area contributed by atoms with E-state index in [2.05, 4.69) is 30.7 Å². The zero-order chi connectivity index (χ0) is 11.3. The minimum Gasteiger partial charge on any atom is -0.395 e. The normalized spacial score (nSPS) is 24.0. The Bertz CT molecular complexity index is 171. The molecule has 15 heavy (non-hydrogen) atoms. The summed E-state index contributed by atoms with van der Waals surface area (Å²) in [6, 6.07) is 0.637. The number of hydrogen-bond donors (Lipinski definition) is 1. The molecule has 0 aromatic heterocycles. The van der Waals surface area contributed by atoms with E-state index in [1.54, 1.807) is 0 Å². The van der Waals surface area contributed by atoms with Gasteiger partial charge < -0.3 is 14.9 Å². The minimum absolute atomic E-state index is 0.298. The Morgan fingerprint density at radius 1 is 1.47 bits per heavy atom. The fourth-order valence-electron chi connectivity index (χ4n) is 2.26. The van der Waals surface area contributed by atoms with Crippen molar-refractivity contribution in [1.82, 2.24) is 9.80 Å². The van der Waals surface area contributed by atoms with E-state index in [1.165, 1.54) is 25.9 Å². The summed E-state index contributed by atoms with van der Waals surface area (Å²) in [5.74, 6) is 0.790. The fraction of sp³-hybridized carbons (Fsp3) is 1.00. The summed E-state index contributed by atoms with van der Waals surface area (Å²) in [6.45, 7) is 9.16. The van der Waals surface area contributed by atoms with Crippen LogP contribution < -0.4 is 0 Å². The van der Waals surface area contributed by atoms with E-state index in [0.717, 1.165) is 19.0 Å². The standard InChI is InChI=1S/C12H26N2O/c1-11(2)13(3)9-12-5-4-6-14(10-12)7-8-15/h11-12,15H,4-10H2,1-3H3/t12-/m0/s1. The van der Waals surface area contributed by atoms with Crippen molar-refractivity contribution in [3.63, 3.8) is 0 Å². The Hall–Kier alpha value is -0.120. The second-order valence-electron chi connectivity index (χ2n) is 5.07. The Balaban J connectivity index is 2.29. The van der Waals surface area contributed by atoms with E-state index in [-0.39, 0.29) is 0 Å². The van der Waals surface area contributed by atoms with Crippen LogP contribution in [0.1, 0.15) is 26.7 Å². The van der Waals surface area contributed by atoms with Gasteiger partial charge in [-0.2, -0.15) is 0 Å². The van der Waals surface area contributed by atoms with Crippen molar-refractivity contribution < 1.29 is 5.11 Å². The van der Waals surface area contributed by atoms with Gasteiger partial charge in [0.15, 0.2) is 0 Å². The van der Waals surface area contributed by atoms with Gasteiger partial charge in [0.1, 0.15) is 0 Å². The number of hydrogen-bond acceptors (Lipinski definition) is 3. The van der Waals surface area contributed by atoms with E-state index < -0.39 is 0 Å². The largest absolute Gasteiger partial charge is 0.395 e. The van der Waals surface area contributed by atoms with Gasteiger partial charge in [-0.25, -0.2) is 0 Å². The van der Waals surface area contributed by atoms with Crippen molar-refractivity contribution in [2.75, 3.05) is 39.8 Å². The zero-order valence-electron chi connectivity index (χ0n) is 10.4. The van der Waals surface area contributed by atoms with Crippen LogP contribution in [-0.4, -0.2) is 60.8 Å². The summed E-state index contributed by atoms with van der Waals surface area (Å²) in [7, 11) is 2.20. The number of nitrogens with zero attached hydrogens (tertiary/aromatic N) is 2. The average Bonchev–Trinajstić information content (AvgIpc) is 2.18. The lowest BCUT2D eigenvalue weighted by molar-refractivity contribution is 0.113. The lowest BCUT2D eigenvalue weighted by Crippen LogP contribution is -2.42. The molecule has 0 spiro atoms. The van der Waals surface area contributed by atoms with Crippen molar-refractivity contribution in [3.05, 3.63) is 0 Å². The Kier molecular flexibility index (Phi) is 5.58. The van der Waals surface area contributed by atoms with E-state index in [9.17, 15) is 0 Å². The number of aliphatic hydroxyl groups excluding tert-OH is 1. The molecule has 0 aromatic carbocycles. The molecule has 1 fully saturated rings. The molecule has 0 saturated carbocycles. The highest BCUT2D eigenvalue weighted by Gasteiger charge is 2.21.